The highest BCUT2D eigenvalue weighted by Crippen LogP contribution is 2.36. The van der Waals surface area contributed by atoms with Crippen LogP contribution in [0, 0.1) is 5.82 Å². The number of ether oxygens (including phenoxy) is 1. The van der Waals surface area contributed by atoms with Crippen molar-refractivity contribution in [2.45, 2.75) is 11.4 Å². The molecule has 4 rings (SSSR count). The number of carboxylic acids is 1. The lowest BCUT2D eigenvalue weighted by Gasteiger charge is -2.28. The first kappa shape index (κ1) is 25.1. The van der Waals surface area contributed by atoms with Crippen LogP contribution < -0.4 is 13.2 Å². The molecule has 1 aromatic heterocycles. The molecule has 0 amide bonds. The molecule has 0 atom stereocenters. The molecule has 0 saturated heterocycles. The number of carbonyl (C=O) groups excluding carboxylic acids is 1. The first-order valence-electron chi connectivity index (χ1n) is 10.1. The van der Waals surface area contributed by atoms with Gasteiger partial charge in [0.25, 0.3) is 10.0 Å². The molecular weight excluding hydrogens is 517 g/mol. The predicted octanol–water partition coefficient (Wildman–Crippen LogP) is 2.13. The number of sulfonamides is 1. The van der Waals surface area contributed by atoms with E-state index in [-0.39, 0.29) is 17.9 Å². The van der Waals surface area contributed by atoms with Gasteiger partial charge in [0.15, 0.2) is 11.6 Å². The van der Waals surface area contributed by atoms with E-state index in [4.69, 9.17) is 4.74 Å². The van der Waals surface area contributed by atoms with E-state index in [1.807, 2.05) is 0 Å². The van der Waals surface area contributed by atoms with Gasteiger partial charge in [0.2, 0.25) is 0 Å². The first-order valence-corrected chi connectivity index (χ1v) is 13.1. The van der Waals surface area contributed by atoms with Crippen molar-refractivity contribution >= 4 is 37.9 Å². The van der Waals surface area contributed by atoms with Crippen LogP contribution in [0.25, 0.3) is 11.3 Å². The molecular formula is C22H18FN3O8S2. The Morgan fingerprint density at radius 2 is 1.86 bits per heavy atom. The summed E-state index contributed by atoms with van der Waals surface area (Å²) in [6, 6.07) is 11.3. The third kappa shape index (κ3) is 4.60. The number of nitrogens with zero attached hydrogens (tertiary/aromatic N) is 2. The zero-order chi connectivity index (χ0) is 26.3. The van der Waals surface area contributed by atoms with Gasteiger partial charge in [0, 0.05) is 12.2 Å². The predicted molar refractivity (Wildman–Crippen MR) is 126 cm³/mol. The molecule has 0 unspecified atom stereocenters. The number of hydrogen-bond donors (Lipinski definition) is 2. The van der Waals surface area contributed by atoms with Crippen LogP contribution in [0.4, 0.5) is 10.1 Å². The van der Waals surface area contributed by atoms with Crippen LogP contribution in [0.1, 0.15) is 10.5 Å². The van der Waals surface area contributed by atoms with Crippen molar-refractivity contribution in [3.63, 3.8) is 0 Å². The van der Waals surface area contributed by atoms with Crippen LogP contribution in [0.3, 0.4) is 0 Å². The van der Waals surface area contributed by atoms with E-state index in [2.05, 4.69) is 6.58 Å². The van der Waals surface area contributed by atoms with E-state index in [1.165, 1.54) is 41.0 Å². The molecule has 36 heavy (non-hydrogen) atoms. The van der Waals surface area contributed by atoms with E-state index in [0.717, 1.165) is 24.3 Å². The molecule has 11 nitrogen and oxygen atoms in total. The van der Waals surface area contributed by atoms with Gasteiger partial charge in [-0.05, 0) is 42.0 Å². The van der Waals surface area contributed by atoms with Crippen molar-refractivity contribution in [1.82, 2.24) is 8.69 Å². The number of halogens is 1. The van der Waals surface area contributed by atoms with Crippen LogP contribution in [0.15, 0.2) is 72.1 Å². The molecule has 0 fully saturated rings. The monoisotopic (exact) mass is 535 g/mol. The summed E-state index contributed by atoms with van der Waals surface area (Å²) in [5.41, 5.74) is 0.241. The fraction of sp³-hybridized carbons (Fsp3) is 0.0909. The molecule has 2 aromatic carbocycles. The number of esters is 1. The van der Waals surface area contributed by atoms with Gasteiger partial charge < -0.3 is 14.4 Å². The number of allylic oxidation sites excluding steroid dienone is 1. The first-order chi connectivity index (χ1) is 16.9. The number of para-hydroxylation sites is 1. The summed E-state index contributed by atoms with van der Waals surface area (Å²) < 4.78 is 74.3. The smallest absolute Gasteiger partial charge is 0.352 e. The zero-order valence-corrected chi connectivity index (χ0v) is 19.9. The average molecular weight is 536 g/mol. The standard InChI is InChI=1S/C22H18FN3O8S2/c1-2-11-25-17(9-10-19(25)22(28)29)14-5-3-6-15(12-14)35(30,31)24-36(32,33)26-13-20(27)34-21-16(23)7-4-8-18(21)26/h2-10,12,24H,1,11,13H2,(H,28,29). The average Bonchev–Trinajstić information content (AvgIpc) is 3.23. The number of carboxylic acid groups (broad SMARTS) is 1. The minimum absolute atomic E-state index is 0.0539. The maximum absolute atomic E-state index is 14.1. The molecule has 3 aromatic rings. The van der Waals surface area contributed by atoms with Crippen molar-refractivity contribution in [2.24, 2.45) is 0 Å². The van der Waals surface area contributed by atoms with Gasteiger partial charge in [-0.1, -0.05) is 28.4 Å². The van der Waals surface area contributed by atoms with Gasteiger partial charge in [0.05, 0.1) is 10.6 Å². The fourth-order valence-corrected chi connectivity index (χ4v) is 6.72. The summed E-state index contributed by atoms with van der Waals surface area (Å²) in [7, 11) is -9.66. The molecule has 0 radical (unpaired) electrons. The van der Waals surface area contributed by atoms with Crippen molar-refractivity contribution < 1.29 is 40.7 Å². The number of carbonyl (C=O) groups is 2. The number of rotatable bonds is 8. The minimum atomic E-state index is -4.92. The molecule has 1 aliphatic heterocycles. The SMILES string of the molecule is C=CCn1c(C(=O)O)ccc1-c1cccc(S(=O)(=O)NS(=O)(=O)N2CC(=O)Oc3c(F)cccc32)c1. The van der Waals surface area contributed by atoms with Crippen molar-refractivity contribution in [3.8, 4) is 17.0 Å². The van der Waals surface area contributed by atoms with Crippen LogP contribution in [0.2, 0.25) is 0 Å². The van der Waals surface area contributed by atoms with Crippen LogP contribution in [-0.4, -0.2) is 45.0 Å². The quantitative estimate of drug-likeness (QED) is 0.253. The summed E-state index contributed by atoms with van der Waals surface area (Å²) in [6.45, 7) is 2.83. The zero-order valence-electron chi connectivity index (χ0n) is 18.3. The summed E-state index contributed by atoms with van der Waals surface area (Å²) in [5.74, 6) is -3.94. The summed E-state index contributed by atoms with van der Waals surface area (Å²) >= 11 is 0. The Balaban J connectivity index is 1.71. The number of aromatic carboxylic acids is 1. The second-order valence-corrected chi connectivity index (χ2v) is 11.0. The Morgan fingerprint density at radius 1 is 1.14 bits per heavy atom. The van der Waals surface area contributed by atoms with E-state index in [0.29, 0.717) is 15.6 Å². The number of fused-ring (bicyclic) bond motifs is 1. The number of benzene rings is 2. The Kier molecular flexibility index (Phi) is 6.43. The Labute approximate surface area is 205 Å². The number of aromatic nitrogens is 1. The van der Waals surface area contributed by atoms with E-state index >= 15 is 0 Å². The third-order valence-corrected chi connectivity index (χ3v) is 8.66. The summed E-state index contributed by atoms with van der Waals surface area (Å²) in [6.07, 6.45) is 1.47. The highest BCUT2D eigenvalue weighted by Gasteiger charge is 2.37. The molecule has 2 heterocycles. The van der Waals surface area contributed by atoms with Gasteiger partial charge in [-0.3, -0.25) is 0 Å². The van der Waals surface area contributed by atoms with Gasteiger partial charge in [0.1, 0.15) is 12.2 Å². The van der Waals surface area contributed by atoms with E-state index in [9.17, 15) is 35.9 Å². The molecule has 14 heteroatoms. The fourth-order valence-electron chi connectivity index (χ4n) is 3.64. The second-order valence-electron chi connectivity index (χ2n) is 7.50. The van der Waals surface area contributed by atoms with Crippen LogP contribution >= 0.6 is 0 Å². The normalized spacial score (nSPS) is 13.7. The van der Waals surface area contributed by atoms with Gasteiger partial charge in [-0.15, -0.1) is 6.58 Å². The lowest BCUT2D eigenvalue weighted by molar-refractivity contribution is -0.133. The summed E-state index contributed by atoms with van der Waals surface area (Å²) in [5, 5.41) is 9.40. The Hall–Kier alpha value is -4.01. The highest BCUT2D eigenvalue weighted by atomic mass is 32.3. The largest absolute Gasteiger partial charge is 0.477 e. The number of hydrogen-bond acceptors (Lipinski definition) is 7. The topological polar surface area (TPSA) is 152 Å². The maximum Gasteiger partial charge on any atom is 0.352 e. The lowest BCUT2D eigenvalue weighted by Crippen LogP contribution is -2.48. The van der Waals surface area contributed by atoms with Gasteiger partial charge in [-0.25, -0.2) is 26.7 Å². The molecule has 188 valence electrons. The molecule has 0 bridgehead atoms. The molecule has 0 spiro atoms. The number of nitrogens with one attached hydrogen (secondary N) is 1. The van der Waals surface area contributed by atoms with Crippen molar-refractivity contribution in [2.75, 3.05) is 10.8 Å². The minimum Gasteiger partial charge on any atom is -0.477 e. The van der Waals surface area contributed by atoms with Crippen molar-refractivity contribution in [3.05, 3.63) is 78.8 Å². The third-order valence-electron chi connectivity index (χ3n) is 5.16. The number of anilines is 1. The van der Waals surface area contributed by atoms with Crippen LogP contribution in [0.5, 0.6) is 5.75 Å². The van der Waals surface area contributed by atoms with Gasteiger partial charge >= 0.3 is 22.1 Å². The second kappa shape index (κ2) is 9.22. The lowest BCUT2D eigenvalue weighted by atomic mass is 10.1. The highest BCUT2D eigenvalue weighted by molar-refractivity contribution is 8.05. The van der Waals surface area contributed by atoms with Crippen LogP contribution in [-0.2, 0) is 31.6 Å². The Morgan fingerprint density at radius 3 is 2.56 bits per heavy atom. The van der Waals surface area contributed by atoms with Gasteiger partial charge in [-0.2, -0.15) is 8.42 Å². The summed E-state index contributed by atoms with van der Waals surface area (Å²) in [4.78, 5) is 22.9. The molecule has 0 saturated carbocycles. The molecule has 0 aliphatic carbocycles. The molecule has 2 N–H and O–H groups in total. The van der Waals surface area contributed by atoms with Crippen molar-refractivity contribution in [1.29, 1.82) is 0 Å². The van der Waals surface area contributed by atoms with E-state index < -0.39 is 55.2 Å². The maximum atomic E-state index is 14.1. The molecule has 1 aliphatic rings. The van der Waals surface area contributed by atoms with E-state index in [1.54, 1.807) is 4.13 Å². The Bertz CT molecular complexity index is 1610.